The molecule has 1 amide bonds. The lowest BCUT2D eigenvalue weighted by molar-refractivity contribution is -0.116. The van der Waals surface area contributed by atoms with E-state index in [2.05, 4.69) is 5.32 Å². The molecule has 5 nitrogen and oxygen atoms in total. The molecular weight excluding hydrogens is 294 g/mol. The molecule has 23 heavy (non-hydrogen) atoms. The van der Waals surface area contributed by atoms with Gasteiger partial charge in [0.05, 0.1) is 32.4 Å². The first kappa shape index (κ1) is 16.7. The predicted molar refractivity (Wildman–Crippen MR) is 89.3 cm³/mol. The van der Waals surface area contributed by atoms with Gasteiger partial charge in [0.25, 0.3) is 0 Å². The maximum Gasteiger partial charge on any atom is 0.227 e. The quantitative estimate of drug-likeness (QED) is 0.810. The first-order valence-electron chi connectivity index (χ1n) is 7.51. The summed E-state index contributed by atoms with van der Waals surface area (Å²) in [6, 6.07) is 14.6. The van der Waals surface area contributed by atoms with Crippen molar-refractivity contribution in [3.05, 3.63) is 48.5 Å². The smallest absolute Gasteiger partial charge is 0.227 e. The van der Waals surface area contributed by atoms with Crippen molar-refractivity contribution in [2.45, 2.75) is 13.3 Å². The van der Waals surface area contributed by atoms with Crippen molar-refractivity contribution in [3.8, 4) is 17.2 Å². The van der Waals surface area contributed by atoms with Gasteiger partial charge in [0.15, 0.2) is 0 Å². The highest BCUT2D eigenvalue weighted by Crippen LogP contribution is 2.23. The Kier molecular flexibility index (Phi) is 6.29. The summed E-state index contributed by atoms with van der Waals surface area (Å²) in [5.74, 6) is 2.01. The summed E-state index contributed by atoms with van der Waals surface area (Å²) in [6.45, 7) is 2.75. The molecule has 0 fully saturated rings. The number of carbonyl (C=O) groups is 1. The molecule has 2 aromatic rings. The zero-order valence-corrected chi connectivity index (χ0v) is 13.4. The van der Waals surface area contributed by atoms with Crippen LogP contribution >= 0.6 is 0 Å². The van der Waals surface area contributed by atoms with E-state index in [9.17, 15) is 4.79 Å². The molecular formula is C18H21NO4. The van der Waals surface area contributed by atoms with Gasteiger partial charge < -0.3 is 19.5 Å². The molecule has 0 aromatic heterocycles. The lowest BCUT2D eigenvalue weighted by atomic mass is 10.3. The maximum absolute atomic E-state index is 12.0. The minimum absolute atomic E-state index is 0.120. The van der Waals surface area contributed by atoms with Gasteiger partial charge in [-0.15, -0.1) is 0 Å². The van der Waals surface area contributed by atoms with Gasteiger partial charge in [-0.3, -0.25) is 4.79 Å². The van der Waals surface area contributed by atoms with E-state index in [1.54, 1.807) is 19.2 Å². The summed E-state index contributed by atoms with van der Waals surface area (Å²) in [7, 11) is 1.61. The Morgan fingerprint density at radius 1 is 1.00 bits per heavy atom. The lowest BCUT2D eigenvalue weighted by Crippen LogP contribution is -2.15. The molecule has 0 aliphatic heterocycles. The van der Waals surface area contributed by atoms with Crippen molar-refractivity contribution in [3.63, 3.8) is 0 Å². The summed E-state index contributed by atoms with van der Waals surface area (Å²) in [6.07, 6.45) is 0.256. The molecule has 2 aromatic carbocycles. The zero-order valence-electron chi connectivity index (χ0n) is 13.4. The fraction of sp³-hybridized carbons (Fsp3) is 0.278. The van der Waals surface area contributed by atoms with Crippen LogP contribution in [0.2, 0.25) is 0 Å². The van der Waals surface area contributed by atoms with E-state index in [1.165, 1.54) is 0 Å². The van der Waals surface area contributed by atoms with Crippen LogP contribution in [0.15, 0.2) is 48.5 Å². The molecule has 0 aliphatic carbocycles. The van der Waals surface area contributed by atoms with Crippen LogP contribution in [0.4, 0.5) is 5.69 Å². The fourth-order valence-corrected chi connectivity index (χ4v) is 2.00. The fourth-order valence-electron chi connectivity index (χ4n) is 2.00. The molecule has 0 radical (unpaired) electrons. The monoisotopic (exact) mass is 315 g/mol. The summed E-state index contributed by atoms with van der Waals surface area (Å²) >= 11 is 0. The highest BCUT2D eigenvalue weighted by Gasteiger charge is 2.07. The number of methoxy groups -OCH3 is 1. The van der Waals surface area contributed by atoms with Crippen molar-refractivity contribution in [1.29, 1.82) is 0 Å². The van der Waals surface area contributed by atoms with E-state index in [1.807, 2.05) is 43.3 Å². The molecule has 0 spiro atoms. The highest BCUT2D eigenvalue weighted by molar-refractivity contribution is 5.92. The SMILES string of the molecule is CCOc1ccccc1NC(=O)CCOc1ccc(OC)cc1. The summed E-state index contributed by atoms with van der Waals surface area (Å²) in [5, 5.41) is 2.84. The summed E-state index contributed by atoms with van der Waals surface area (Å²) in [4.78, 5) is 12.0. The zero-order chi connectivity index (χ0) is 16.5. The average Bonchev–Trinajstić information content (AvgIpc) is 2.57. The number of rotatable bonds is 8. The number of para-hydroxylation sites is 2. The first-order chi connectivity index (χ1) is 11.2. The molecule has 0 saturated heterocycles. The second-order valence-electron chi connectivity index (χ2n) is 4.75. The second kappa shape index (κ2) is 8.68. The molecule has 122 valence electrons. The summed E-state index contributed by atoms with van der Waals surface area (Å²) < 4.78 is 16.1. The van der Waals surface area contributed by atoms with Crippen molar-refractivity contribution in [1.82, 2.24) is 0 Å². The van der Waals surface area contributed by atoms with Gasteiger partial charge in [-0.2, -0.15) is 0 Å². The Hall–Kier alpha value is -2.69. The molecule has 5 heteroatoms. The average molecular weight is 315 g/mol. The van der Waals surface area contributed by atoms with Crippen molar-refractivity contribution >= 4 is 11.6 Å². The number of anilines is 1. The van der Waals surface area contributed by atoms with Gasteiger partial charge in [-0.05, 0) is 43.3 Å². The van der Waals surface area contributed by atoms with Gasteiger partial charge in [-0.25, -0.2) is 0 Å². The Bertz CT molecular complexity index is 625. The van der Waals surface area contributed by atoms with Gasteiger partial charge in [-0.1, -0.05) is 12.1 Å². The minimum atomic E-state index is -0.120. The Morgan fingerprint density at radius 2 is 1.70 bits per heavy atom. The van der Waals surface area contributed by atoms with Crippen LogP contribution in [0.5, 0.6) is 17.2 Å². The molecule has 1 N–H and O–H groups in total. The molecule has 0 unspecified atom stereocenters. The van der Waals surface area contributed by atoms with Crippen molar-refractivity contribution in [2.24, 2.45) is 0 Å². The number of ether oxygens (including phenoxy) is 3. The van der Waals surface area contributed by atoms with Crippen LogP contribution in [-0.2, 0) is 4.79 Å². The normalized spacial score (nSPS) is 10.0. The van der Waals surface area contributed by atoms with Gasteiger partial charge >= 0.3 is 0 Å². The number of benzene rings is 2. The second-order valence-corrected chi connectivity index (χ2v) is 4.75. The van der Waals surface area contributed by atoms with E-state index in [-0.39, 0.29) is 12.3 Å². The minimum Gasteiger partial charge on any atom is -0.497 e. The Morgan fingerprint density at radius 3 is 2.39 bits per heavy atom. The number of hydrogen-bond donors (Lipinski definition) is 1. The Labute approximate surface area is 136 Å². The van der Waals surface area contributed by atoms with Crippen LogP contribution in [0.25, 0.3) is 0 Å². The van der Waals surface area contributed by atoms with E-state index in [0.717, 1.165) is 5.75 Å². The van der Waals surface area contributed by atoms with Crippen LogP contribution in [0, 0.1) is 0 Å². The van der Waals surface area contributed by atoms with Crippen LogP contribution < -0.4 is 19.5 Å². The standard InChI is InChI=1S/C18H21NO4/c1-3-22-17-7-5-4-6-16(17)19-18(20)12-13-23-15-10-8-14(21-2)9-11-15/h4-11H,3,12-13H2,1-2H3,(H,19,20). The maximum atomic E-state index is 12.0. The van der Waals surface area contributed by atoms with E-state index < -0.39 is 0 Å². The van der Waals surface area contributed by atoms with E-state index in [4.69, 9.17) is 14.2 Å². The number of nitrogens with one attached hydrogen (secondary N) is 1. The highest BCUT2D eigenvalue weighted by atomic mass is 16.5. The third-order valence-corrected chi connectivity index (χ3v) is 3.12. The molecule has 0 atom stereocenters. The number of amides is 1. The van der Waals surface area contributed by atoms with Gasteiger partial charge in [0, 0.05) is 0 Å². The van der Waals surface area contributed by atoms with E-state index >= 15 is 0 Å². The summed E-state index contributed by atoms with van der Waals surface area (Å²) in [5.41, 5.74) is 0.670. The lowest BCUT2D eigenvalue weighted by Gasteiger charge is -2.11. The number of hydrogen-bond acceptors (Lipinski definition) is 4. The molecule has 0 aliphatic rings. The molecule has 0 heterocycles. The van der Waals surface area contributed by atoms with Crippen LogP contribution in [0.3, 0.4) is 0 Å². The first-order valence-corrected chi connectivity index (χ1v) is 7.51. The number of carbonyl (C=O) groups excluding carboxylic acids is 1. The van der Waals surface area contributed by atoms with Gasteiger partial charge in [0.2, 0.25) is 5.91 Å². The third kappa shape index (κ3) is 5.21. The third-order valence-electron chi connectivity index (χ3n) is 3.12. The predicted octanol–water partition coefficient (Wildman–Crippen LogP) is 3.50. The van der Waals surface area contributed by atoms with Crippen molar-refractivity contribution < 1.29 is 19.0 Å². The molecule has 0 saturated carbocycles. The molecule has 0 bridgehead atoms. The van der Waals surface area contributed by atoms with E-state index in [0.29, 0.717) is 30.4 Å². The van der Waals surface area contributed by atoms with Gasteiger partial charge in [0.1, 0.15) is 17.2 Å². The molecule has 2 rings (SSSR count). The Balaban J connectivity index is 1.81. The topological polar surface area (TPSA) is 56.8 Å². The van der Waals surface area contributed by atoms with Crippen LogP contribution in [-0.4, -0.2) is 26.2 Å². The van der Waals surface area contributed by atoms with Crippen molar-refractivity contribution in [2.75, 3.05) is 25.6 Å². The van der Waals surface area contributed by atoms with Crippen LogP contribution in [0.1, 0.15) is 13.3 Å². The largest absolute Gasteiger partial charge is 0.497 e.